The molecule has 2 rings (SSSR count). The molecule has 0 heterocycles. The fraction of sp³-hybridized carbons (Fsp3) is 0.0714. The summed E-state index contributed by atoms with van der Waals surface area (Å²) in [6.07, 6.45) is 0. The van der Waals surface area contributed by atoms with Crippen LogP contribution in [0.3, 0.4) is 0 Å². The van der Waals surface area contributed by atoms with Crippen molar-refractivity contribution in [2.75, 3.05) is 5.32 Å². The Morgan fingerprint density at radius 2 is 1.69 bits per heavy atom. The maximum Gasteiger partial charge on any atom is 0.255 e. The summed E-state index contributed by atoms with van der Waals surface area (Å²) in [5.74, 6) is -0.0992. The average molecular weight is 210 g/mol. The Bertz CT molecular complexity index is 474. The quantitative estimate of drug-likeness (QED) is 0.811. The summed E-state index contributed by atoms with van der Waals surface area (Å²) in [5, 5.41) is 2.83. The molecule has 0 atom stereocenters. The zero-order valence-corrected chi connectivity index (χ0v) is 9.03. The van der Waals surface area contributed by atoms with Crippen molar-refractivity contribution in [2.24, 2.45) is 0 Å². The Balaban J connectivity index is 2.11. The molecule has 1 radical (unpaired) electrons. The molecule has 0 unspecified atom stereocenters. The van der Waals surface area contributed by atoms with Gasteiger partial charge < -0.3 is 5.32 Å². The molecule has 2 aromatic rings. The SMILES string of the molecule is Cc1ccc(NC(=O)c2cc[c]cc2)cc1. The Hall–Kier alpha value is -2.09. The van der Waals surface area contributed by atoms with Crippen LogP contribution in [0.2, 0.25) is 0 Å². The summed E-state index contributed by atoms with van der Waals surface area (Å²) < 4.78 is 0. The van der Waals surface area contributed by atoms with E-state index in [1.807, 2.05) is 31.2 Å². The van der Waals surface area contributed by atoms with Gasteiger partial charge in [-0.1, -0.05) is 29.8 Å². The minimum Gasteiger partial charge on any atom is -0.322 e. The second kappa shape index (κ2) is 4.62. The monoisotopic (exact) mass is 210 g/mol. The van der Waals surface area contributed by atoms with Crippen LogP contribution in [0.5, 0.6) is 0 Å². The van der Waals surface area contributed by atoms with Crippen LogP contribution >= 0.6 is 0 Å². The molecule has 0 saturated heterocycles. The largest absolute Gasteiger partial charge is 0.322 e. The zero-order chi connectivity index (χ0) is 11.4. The molecule has 0 aromatic heterocycles. The molecule has 1 amide bonds. The predicted molar refractivity (Wildman–Crippen MR) is 64.4 cm³/mol. The van der Waals surface area contributed by atoms with Crippen LogP contribution in [0.25, 0.3) is 0 Å². The fourth-order valence-corrected chi connectivity index (χ4v) is 1.38. The van der Waals surface area contributed by atoms with E-state index < -0.39 is 0 Å². The van der Waals surface area contributed by atoms with Crippen molar-refractivity contribution >= 4 is 11.6 Å². The topological polar surface area (TPSA) is 29.1 Å². The van der Waals surface area contributed by atoms with Crippen molar-refractivity contribution in [3.63, 3.8) is 0 Å². The molecule has 0 spiro atoms. The highest BCUT2D eigenvalue weighted by Gasteiger charge is 2.03. The lowest BCUT2D eigenvalue weighted by atomic mass is 10.2. The Labute approximate surface area is 94.9 Å². The minimum absolute atomic E-state index is 0.0992. The van der Waals surface area contributed by atoms with Gasteiger partial charge in [-0.3, -0.25) is 4.79 Å². The average Bonchev–Trinajstić information content (AvgIpc) is 2.33. The van der Waals surface area contributed by atoms with Gasteiger partial charge >= 0.3 is 0 Å². The Kier molecular flexibility index (Phi) is 3.01. The molecule has 2 nitrogen and oxygen atoms in total. The molecule has 1 N–H and O–H groups in total. The third-order valence-corrected chi connectivity index (χ3v) is 2.29. The van der Waals surface area contributed by atoms with Gasteiger partial charge in [-0.05, 0) is 37.3 Å². The third kappa shape index (κ3) is 2.48. The summed E-state index contributed by atoms with van der Waals surface area (Å²) in [7, 11) is 0. The molecular weight excluding hydrogens is 198 g/mol. The molecule has 0 aliphatic heterocycles. The van der Waals surface area contributed by atoms with E-state index in [9.17, 15) is 4.79 Å². The first-order valence-electron chi connectivity index (χ1n) is 5.10. The normalized spacial score (nSPS) is 9.81. The first-order valence-corrected chi connectivity index (χ1v) is 5.10. The number of carbonyl (C=O) groups excluding carboxylic acids is 1. The molecule has 0 aliphatic carbocycles. The van der Waals surface area contributed by atoms with Gasteiger partial charge in [0.15, 0.2) is 0 Å². The summed E-state index contributed by atoms with van der Waals surface area (Å²) in [6.45, 7) is 2.01. The van der Waals surface area contributed by atoms with Crippen molar-refractivity contribution < 1.29 is 4.79 Å². The van der Waals surface area contributed by atoms with Crippen LogP contribution in [0, 0.1) is 13.0 Å². The van der Waals surface area contributed by atoms with E-state index in [0.29, 0.717) is 5.56 Å². The highest BCUT2D eigenvalue weighted by molar-refractivity contribution is 6.04. The van der Waals surface area contributed by atoms with Crippen LogP contribution in [-0.2, 0) is 0 Å². The summed E-state index contributed by atoms with van der Waals surface area (Å²) in [5.41, 5.74) is 2.62. The molecular formula is C14H12NO. The lowest BCUT2D eigenvalue weighted by Crippen LogP contribution is -2.11. The number of carbonyl (C=O) groups is 1. The van der Waals surface area contributed by atoms with E-state index in [-0.39, 0.29) is 5.91 Å². The first kappa shape index (κ1) is 10.4. The number of rotatable bonds is 2. The number of aryl methyl sites for hydroxylation is 1. The number of benzene rings is 2. The Morgan fingerprint density at radius 3 is 2.31 bits per heavy atom. The van der Waals surface area contributed by atoms with E-state index in [4.69, 9.17) is 0 Å². The molecule has 79 valence electrons. The number of nitrogens with one attached hydrogen (secondary N) is 1. The van der Waals surface area contributed by atoms with Crippen LogP contribution in [0.15, 0.2) is 48.5 Å². The molecule has 0 saturated carbocycles. The second-order valence-electron chi connectivity index (χ2n) is 3.61. The van der Waals surface area contributed by atoms with Crippen molar-refractivity contribution in [1.29, 1.82) is 0 Å². The smallest absolute Gasteiger partial charge is 0.255 e. The zero-order valence-electron chi connectivity index (χ0n) is 9.03. The molecule has 0 bridgehead atoms. The Morgan fingerprint density at radius 1 is 1.06 bits per heavy atom. The first-order chi connectivity index (χ1) is 7.75. The van der Waals surface area contributed by atoms with Gasteiger partial charge in [-0.25, -0.2) is 0 Å². The van der Waals surface area contributed by atoms with Gasteiger partial charge in [-0.2, -0.15) is 0 Å². The molecule has 0 aliphatic rings. The van der Waals surface area contributed by atoms with Crippen LogP contribution in [0.4, 0.5) is 5.69 Å². The van der Waals surface area contributed by atoms with Gasteiger partial charge in [0.25, 0.3) is 5.91 Å². The van der Waals surface area contributed by atoms with E-state index >= 15 is 0 Å². The molecule has 2 heteroatoms. The number of hydrogen-bond donors (Lipinski definition) is 1. The number of anilines is 1. The van der Waals surface area contributed by atoms with Gasteiger partial charge in [0.2, 0.25) is 0 Å². The summed E-state index contributed by atoms with van der Waals surface area (Å²) in [6, 6.07) is 17.5. The second-order valence-corrected chi connectivity index (χ2v) is 3.61. The highest BCUT2D eigenvalue weighted by atomic mass is 16.1. The van der Waals surface area contributed by atoms with Gasteiger partial charge in [0, 0.05) is 11.3 Å². The standard InChI is InChI=1S/C14H12NO/c1-11-7-9-13(10-8-11)15-14(16)12-5-3-2-4-6-12/h3-10H,1H3,(H,15,16). The number of amides is 1. The molecule has 0 fully saturated rings. The van der Waals surface area contributed by atoms with Gasteiger partial charge in [0.1, 0.15) is 0 Å². The third-order valence-electron chi connectivity index (χ3n) is 2.29. The van der Waals surface area contributed by atoms with Crippen molar-refractivity contribution in [3.8, 4) is 0 Å². The lowest BCUT2D eigenvalue weighted by molar-refractivity contribution is 0.102. The fourth-order valence-electron chi connectivity index (χ4n) is 1.38. The minimum atomic E-state index is -0.0992. The number of hydrogen-bond acceptors (Lipinski definition) is 1. The lowest BCUT2D eigenvalue weighted by Gasteiger charge is -2.05. The van der Waals surface area contributed by atoms with Crippen molar-refractivity contribution in [2.45, 2.75) is 6.92 Å². The summed E-state index contributed by atoms with van der Waals surface area (Å²) in [4.78, 5) is 11.8. The van der Waals surface area contributed by atoms with Crippen LogP contribution in [0.1, 0.15) is 15.9 Å². The predicted octanol–water partition coefficient (Wildman–Crippen LogP) is 3.05. The van der Waals surface area contributed by atoms with E-state index in [0.717, 1.165) is 5.69 Å². The van der Waals surface area contributed by atoms with Gasteiger partial charge in [-0.15, -0.1) is 0 Å². The summed E-state index contributed by atoms with van der Waals surface area (Å²) >= 11 is 0. The maximum atomic E-state index is 11.8. The van der Waals surface area contributed by atoms with E-state index in [1.165, 1.54) is 5.56 Å². The highest BCUT2D eigenvalue weighted by Crippen LogP contribution is 2.10. The van der Waals surface area contributed by atoms with Gasteiger partial charge in [0.05, 0.1) is 0 Å². The van der Waals surface area contributed by atoms with Crippen LogP contribution in [-0.4, -0.2) is 5.91 Å². The van der Waals surface area contributed by atoms with E-state index in [2.05, 4.69) is 11.4 Å². The molecule has 16 heavy (non-hydrogen) atoms. The van der Waals surface area contributed by atoms with Crippen LogP contribution < -0.4 is 5.32 Å². The van der Waals surface area contributed by atoms with E-state index in [1.54, 1.807) is 24.3 Å². The molecule has 2 aromatic carbocycles. The maximum absolute atomic E-state index is 11.8. The van der Waals surface area contributed by atoms with Crippen molar-refractivity contribution in [1.82, 2.24) is 0 Å². The van der Waals surface area contributed by atoms with Crippen molar-refractivity contribution in [3.05, 3.63) is 65.7 Å².